The number of nitrogens with zero attached hydrogens (tertiary/aromatic N) is 2. The number of furan rings is 1. The normalized spacial score (nSPS) is 12.9. The highest BCUT2D eigenvalue weighted by Gasteiger charge is 2.10. The Morgan fingerprint density at radius 1 is 1.75 bits per heavy atom. The molecule has 0 aromatic carbocycles. The molecule has 12 heavy (non-hydrogen) atoms. The fourth-order valence-corrected chi connectivity index (χ4v) is 1.02. The van der Waals surface area contributed by atoms with Gasteiger partial charge in [0.15, 0.2) is 6.19 Å². The van der Waals surface area contributed by atoms with Crippen molar-refractivity contribution in [1.29, 1.82) is 5.26 Å². The average molecular weight is 162 g/mol. The van der Waals surface area contributed by atoms with Crippen molar-refractivity contribution in [3.63, 3.8) is 0 Å². The molecule has 0 saturated heterocycles. The molecular formula is C7H6N4O. The number of hydrogen-bond donors (Lipinski definition) is 2. The minimum absolute atomic E-state index is 0.434. The largest absolute Gasteiger partial charge is 0.424 e. The van der Waals surface area contributed by atoms with E-state index < -0.39 is 0 Å². The third kappa shape index (κ3) is 0.992. The van der Waals surface area contributed by atoms with Gasteiger partial charge in [0.1, 0.15) is 6.67 Å². The van der Waals surface area contributed by atoms with Gasteiger partial charge in [-0.25, -0.2) is 0 Å². The van der Waals surface area contributed by atoms with E-state index in [1.54, 1.807) is 18.5 Å². The molecule has 0 aliphatic carbocycles. The highest BCUT2D eigenvalue weighted by atomic mass is 16.4. The van der Waals surface area contributed by atoms with Gasteiger partial charge in [-0.05, 0) is 0 Å². The molecule has 0 bridgehead atoms. The summed E-state index contributed by atoms with van der Waals surface area (Å²) < 4.78 is 5.21. The molecule has 2 N–H and O–H groups in total. The van der Waals surface area contributed by atoms with E-state index >= 15 is 0 Å². The molecular weight excluding hydrogens is 156 g/mol. The lowest BCUT2D eigenvalue weighted by Gasteiger charge is -2.03. The molecule has 0 saturated carbocycles. The smallest absolute Gasteiger partial charge is 0.209 e. The van der Waals surface area contributed by atoms with Crippen LogP contribution in [0.4, 0.5) is 11.8 Å². The van der Waals surface area contributed by atoms with Gasteiger partial charge in [-0.1, -0.05) is 0 Å². The van der Waals surface area contributed by atoms with Gasteiger partial charge in [-0.2, -0.15) is 5.26 Å². The van der Waals surface area contributed by atoms with Crippen LogP contribution in [-0.2, 0) is 0 Å². The molecule has 2 rings (SSSR count). The van der Waals surface area contributed by atoms with Crippen LogP contribution in [-0.4, -0.2) is 12.9 Å². The molecule has 5 heteroatoms. The van der Waals surface area contributed by atoms with Crippen LogP contribution >= 0.6 is 0 Å². The summed E-state index contributed by atoms with van der Waals surface area (Å²) in [6.45, 7) is 0.520. The van der Waals surface area contributed by atoms with Crippen LogP contribution in [0.25, 0.3) is 0 Å². The molecule has 5 nitrogen and oxygen atoms in total. The van der Waals surface area contributed by atoms with E-state index in [4.69, 9.17) is 9.68 Å². The fourth-order valence-electron chi connectivity index (χ4n) is 1.02. The van der Waals surface area contributed by atoms with Crippen molar-refractivity contribution < 1.29 is 4.42 Å². The lowest BCUT2D eigenvalue weighted by Crippen LogP contribution is -2.04. The van der Waals surface area contributed by atoms with Crippen molar-refractivity contribution in [2.75, 3.05) is 17.3 Å². The van der Waals surface area contributed by atoms with Crippen molar-refractivity contribution >= 4 is 18.0 Å². The van der Waals surface area contributed by atoms with E-state index in [-0.39, 0.29) is 0 Å². The number of fused-ring (bicyclic) bond motifs is 1. The summed E-state index contributed by atoms with van der Waals surface area (Å²) in [5.74, 6) is 1.09. The Morgan fingerprint density at radius 3 is 3.42 bits per heavy atom. The first-order valence-corrected chi connectivity index (χ1v) is 3.43. The minimum atomic E-state index is 0.434. The number of rotatable bonds is 1. The standard InChI is InChI=1S/C7H6N4O/c8-3-10-6-1-5-2-9-4-11-7(5)12-6/h1-2,10-11H,4H2. The summed E-state index contributed by atoms with van der Waals surface area (Å²) in [7, 11) is 0. The predicted octanol–water partition coefficient (Wildman–Crippen LogP) is 0.974. The number of nitrogens with one attached hydrogen (secondary N) is 2. The molecule has 60 valence electrons. The van der Waals surface area contributed by atoms with E-state index in [9.17, 15) is 0 Å². The molecule has 1 aromatic heterocycles. The molecule has 0 unspecified atom stereocenters. The van der Waals surface area contributed by atoms with Gasteiger partial charge >= 0.3 is 0 Å². The Kier molecular flexibility index (Phi) is 1.45. The van der Waals surface area contributed by atoms with E-state index in [0.29, 0.717) is 18.4 Å². The second-order valence-electron chi connectivity index (χ2n) is 2.28. The molecule has 2 heterocycles. The first-order valence-electron chi connectivity index (χ1n) is 3.43. The lowest BCUT2D eigenvalue weighted by molar-refractivity contribution is 0.596. The van der Waals surface area contributed by atoms with Gasteiger partial charge in [0, 0.05) is 12.3 Å². The quantitative estimate of drug-likeness (QED) is 0.476. The first kappa shape index (κ1) is 6.73. The van der Waals surface area contributed by atoms with E-state index in [1.165, 1.54) is 0 Å². The third-order valence-electron chi connectivity index (χ3n) is 1.50. The zero-order valence-corrected chi connectivity index (χ0v) is 6.16. The average Bonchev–Trinajstić information content (AvgIpc) is 2.47. The third-order valence-corrected chi connectivity index (χ3v) is 1.50. The van der Waals surface area contributed by atoms with E-state index in [2.05, 4.69) is 15.6 Å². The van der Waals surface area contributed by atoms with Gasteiger partial charge in [0.2, 0.25) is 11.8 Å². The lowest BCUT2D eigenvalue weighted by atomic mass is 10.3. The maximum atomic E-state index is 8.31. The van der Waals surface area contributed by atoms with Crippen molar-refractivity contribution in [1.82, 2.24) is 0 Å². The second kappa shape index (κ2) is 2.58. The van der Waals surface area contributed by atoms with Crippen LogP contribution in [0, 0.1) is 11.5 Å². The summed E-state index contributed by atoms with van der Waals surface area (Å²) in [6.07, 6.45) is 3.48. The van der Waals surface area contributed by atoms with E-state index in [1.807, 2.05) is 0 Å². The van der Waals surface area contributed by atoms with Crippen molar-refractivity contribution in [2.24, 2.45) is 4.99 Å². The zero-order chi connectivity index (χ0) is 8.39. The van der Waals surface area contributed by atoms with Crippen molar-refractivity contribution in [3.8, 4) is 6.19 Å². The Bertz CT molecular complexity index is 360. The van der Waals surface area contributed by atoms with Gasteiger partial charge in [-0.15, -0.1) is 0 Å². The SMILES string of the molecule is N#CNc1cc2c(o1)NCN=C2. The fraction of sp³-hybridized carbons (Fsp3) is 0.143. The molecule has 1 aromatic rings. The highest BCUT2D eigenvalue weighted by molar-refractivity contribution is 5.88. The van der Waals surface area contributed by atoms with Crippen molar-refractivity contribution in [2.45, 2.75) is 0 Å². The monoisotopic (exact) mass is 162 g/mol. The van der Waals surface area contributed by atoms with Gasteiger partial charge in [-0.3, -0.25) is 10.3 Å². The topological polar surface area (TPSA) is 73.3 Å². The predicted molar refractivity (Wildman–Crippen MR) is 44.0 cm³/mol. The molecule has 0 radical (unpaired) electrons. The van der Waals surface area contributed by atoms with Gasteiger partial charge < -0.3 is 9.73 Å². The van der Waals surface area contributed by atoms with Gasteiger partial charge in [0.25, 0.3) is 0 Å². The van der Waals surface area contributed by atoms with E-state index in [0.717, 1.165) is 5.56 Å². The summed E-state index contributed by atoms with van der Waals surface area (Å²) in [6, 6.07) is 1.72. The minimum Gasteiger partial charge on any atom is -0.424 e. The Morgan fingerprint density at radius 2 is 2.67 bits per heavy atom. The summed E-state index contributed by atoms with van der Waals surface area (Å²) in [5.41, 5.74) is 0.860. The Hall–Kier alpha value is -1.96. The second-order valence-corrected chi connectivity index (χ2v) is 2.28. The summed E-state index contributed by atoms with van der Waals surface area (Å²) in [4.78, 5) is 3.99. The van der Waals surface area contributed by atoms with Crippen LogP contribution in [0.15, 0.2) is 15.5 Å². The van der Waals surface area contributed by atoms with Crippen molar-refractivity contribution in [3.05, 3.63) is 11.6 Å². The molecule has 0 fully saturated rings. The summed E-state index contributed by atoms with van der Waals surface area (Å²) >= 11 is 0. The maximum absolute atomic E-state index is 8.31. The van der Waals surface area contributed by atoms with Crippen LogP contribution in [0.1, 0.15) is 5.56 Å². The Balaban J connectivity index is 2.34. The molecule has 0 amide bonds. The van der Waals surface area contributed by atoms with Crippen LogP contribution in [0.5, 0.6) is 0 Å². The number of hydrogen-bond acceptors (Lipinski definition) is 5. The van der Waals surface area contributed by atoms with Crippen LogP contribution in [0.2, 0.25) is 0 Å². The number of nitriles is 1. The summed E-state index contributed by atoms with van der Waals surface area (Å²) in [5, 5.41) is 13.6. The highest BCUT2D eigenvalue weighted by Crippen LogP contribution is 2.24. The van der Waals surface area contributed by atoms with Crippen LogP contribution < -0.4 is 10.6 Å². The molecule has 1 aliphatic rings. The molecule has 0 spiro atoms. The molecule has 1 aliphatic heterocycles. The number of anilines is 2. The van der Waals surface area contributed by atoms with Crippen LogP contribution in [0.3, 0.4) is 0 Å². The van der Waals surface area contributed by atoms with Gasteiger partial charge in [0.05, 0.1) is 5.56 Å². The Labute approximate surface area is 68.7 Å². The number of aliphatic imine (C=N–C) groups is 1. The maximum Gasteiger partial charge on any atom is 0.209 e. The molecule has 0 atom stereocenters. The zero-order valence-electron chi connectivity index (χ0n) is 6.16. The first-order chi connectivity index (χ1) is 5.90.